The molecule has 7 heteroatoms. The van der Waals surface area contributed by atoms with Crippen LogP contribution in [0.1, 0.15) is 79.6 Å². The smallest absolute Gasteiger partial charge is 0.300 e. The summed E-state index contributed by atoms with van der Waals surface area (Å²) in [7, 11) is 0. The molecular formula is C18H37N5O2. The minimum atomic E-state index is -0.833. The molecule has 1 heterocycles. The number of carbonyl (C=O) groups is 1. The van der Waals surface area contributed by atoms with E-state index in [9.17, 15) is 0 Å². The summed E-state index contributed by atoms with van der Waals surface area (Å²) in [5, 5.41) is 17.3. The van der Waals surface area contributed by atoms with Crippen LogP contribution in [0.5, 0.6) is 0 Å². The summed E-state index contributed by atoms with van der Waals surface area (Å²) in [6.07, 6.45) is 8.82. The van der Waals surface area contributed by atoms with Crippen LogP contribution in [0.25, 0.3) is 0 Å². The van der Waals surface area contributed by atoms with Crippen LogP contribution in [-0.2, 0) is 4.79 Å². The molecule has 146 valence electrons. The largest absolute Gasteiger partial charge is 0.481 e. The number of carboxylic acids is 1. The molecule has 7 nitrogen and oxygen atoms in total. The van der Waals surface area contributed by atoms with Gasteiger partial charge in [-0.1, -0.05) is 46.0 Å². The van der Waals surface area contributed by atoms with Crippen LogP contribution >= 0.6 is 0 Å². The van der Waals surface area contributed by atoms with Crippen molar-refractivity contribution in [3.05, 3.63) is 0 Å². The highest BCUT2D eigenvalue weighted by molar-refractivity contribution is 6.01. The molecule has 0 spiro atoms. The van der Waals surface area contributed by atoms with Crippen molar-refractivity contribution in [1.29, 1.82) is 0 Å². The standard InChI is InChI=1S/C16H33N5.C2H4O2/c1-5-7-8-9-10-11-13-18-15-19-14(17-12-6-2)20-16(3,4)21-15;1-2(3)4/h5-13H2,1-4H3,(H3,17,18,19,20,21);1H3,(H,3,4). The summed E-state index contributed by atoms with van der Waals surface area (Å²) in [6, 6.07) is 0. The average molecular weight is 356 g/mol. The summed E-state index contributed by atoms with van der Waals surface area (Å²) in [6.45, 7) is 11.4. The Hall–Kier alpha value is -1.79. The maximum absolute atomic E-state index is 9.00. The lowest BCUT2D eigenvalue weighted by atomic mass is 10.1. The SMILES string of the molecule is CC(=O)O.CCCCCCCCN=C1NC(=NCCC)NC(C)(C)N1. The number of rotatable bonds is 9. The zero-order valence-corrected chi connectivity index (χ0v) is 16.6. The number of aliphatic imine (C=N–C) groups is 2. The van der Waals surface area contributed by atoms with Crippen molar-refractivity contribution in [1.82, 2.24) is 16.0 Å². The van der Waals surface area contributed by atoms with E-state index in [-0.39, 0.29) is 5.66 Å². The van der Waals surface area contributed by atoms with Crippen LogP contribution in [0.3, 0.4) is 0 Å². The van der Waals surface area contributed by atoms with Gasteiger partial charge in [-0.3, -0.25) is 20.1 Å². The molecule has 0 atom stereocenters. The van der Waals surface area contributed by atoms with Crippen molar-refractivity contribution in [3.8, 4) is 0 Å². The van der Waals surface area contributed by atoms with Crippen molar-refractivity contribution < 1.29 is 9.90 Å². The predicted molar refractivity (Wildman–Crippen MR) is 105 cm³/mol. The zero-order chi connectivity index (χ0) is 19.1. The van der Waals surface area contributed by atoms with Crippen molar-refractivity contribution >= 4 is 17.9 Å². The quantitative estimate of drug-likeness (QED) is 0.477. The third-order valence-electron chi connectivity index (χ3n) is 3.37. The van der Waals surface area contributed by atoms with E-state index >= 15 is 0 Å². The van der Waals surface area contributed by atoms with E-state index in [1.54, 1.807) is 0 Å². The van der Waals surface area contributed by atoms with Gasteiger partial charge in [0.05, 0.1) is 0 Å². The van der Waals surface area contributed by atoms with Crippen molar-refractivity contribution in [2.45, 2.75) is 85.2 Å². The second kappa shape index (κ2) is 13.5. The summed E-state index contributed by atoms with van der Waals surface area (Å²) in [5.74, 6) is 0.824. The van der Waals surface area contributed by atoms with E-state index < -0.39 is 5.97 Å². The maximum atomic E-state index is 9.00. The fraction of sp³-hybridized carbons (Fsp3) is 0.833. The summed E-state index contributed by atoms with van der Waals surface area (Å²) < 4.78 is 0. The first-order valence-corrected chi connectivity index (χ1v) is 9.42. The molecule has 0 aromatic rings. The van der Waals surface area contributed by atoms with Crippen molar-refractivity contribution in [2.75, 3.05) is 13.1 Å². The van der Waals surface area contributed by atoms with E-state index in [2.05, 4.69) is 53.6 Å². The van der Waals surface area contributed by atoms with Gasteiger partial charge < -0.3 is 15.7 Å². The lowest BCUT2D eigenvalue weighted by molar-refractivity contribution is -0.134. The first kappa shape index (κ1) is 23.2. The van der Waals surface area contributed by atoms with E-state index in [0.717, 1.165) is 44.8 Å². The Morgan fingerprint density at radius 1 is 0.920 bits per heavy atom. The van der Waals surface area contributed by atoms with Crippen LogP contribution in [0.4, 0.5) is 0 Å². The van der Waals surface area contributed by atoms with Crippen molar-refractivity contribution in [2.24, 2.45) is 9.98 Å². The highest BCUT2D eigenvalue weighted by atomic mass is 16.4. The Labute approximate surface area is 152 Å². The van der Waals surface area contributed by atoms with Crippen LogP contribution in [0.15, 0.2) is 9.98 Å². The van der Waals surface area contributed by atoms with Gasteiger partial charge in [0.25, 0.3) is 5.97 Å². The minimum Gasteiger partial charge on any atom is -0.481 e. The highest BCUT2D eigenvalue weighted by Gasteiger charge is 2.26. The third-order valence-corrected chi connectivity index (χ3v) is 3.37. The molecule has 0 bridgehead atoms. The second-order valence-electron chi connectivity index (χ2n) is 6.75. The van der Waals surface area contributed by atoms with Gasteiger partial charge in [-0.05, 0) is 26.7 Å². The number of hydrogen-bond donors (Lipinski definition) is 4. The molecule has 0 aromatic carbocycles. The predicted octanol–water partition coefficient (Wildman–Crippen LogP) is 3.08. The molecule has 0 aliphatic carbocycles. The lowest BCUT2D eigenvalue weighted by Gasteiger charge is -2.36. The van der Waals surface area contributed by atoms with Gasteiger partial charge in [0.2, 0.25) is 0 Å². The van der Waals surface area contributed by atoms with E-state index in [1.165, 1.54) is 32.1 Å². The van der Waals surface area contributed by atoms with Crippen LogP contribution in [0.2, 0.25) is 0 Å². The lowest BCUT2D eigenvalue weighted by Crippen LogP contribution is -2.68. The van der Waals surface area contributed by atoms with Crippen LogP contribution in [-0.4, -0.2) is 41.7 Å². The summed E-state index contributed by atoms with van der Waals surface area (Å²) in [5.41, 5.74) is -0.211. The zero-order valence-electron chi connectivity index (χ0n) is 16.6. The van der Waals surface area contributed by atoms with Gasteiger partial charge in [-0.25, -0.2) is 0 Å². The van der Waals surface area contributed by atoms with Gasteiger partial charge in [-0.2, -0.15) is 0 Å². The summed E-state index contributed by atoms with van der Waals surface area (Å²) >= 11 is 0. The highest BCUT2D eigenvalue weighted by Crippen LogP contribution is 2.05. The molecule has 1 fully saturated rings. The van der Waals surface area contributed by atoms with Crippen LogP contribution < -0.4 is 16.0 Å². The van der Waals surface area contributed by atoms with E-state index in [4.69, 9.17) is 9.90 Å². The number of nitrogens with one attached hydrogen (secondary N) is 3. The van der Waals surface area contributed by atoms with Gasteiger partial charge in [0, 0.05) is 20.0 Å². The Morgan fingerprint density at radius 2 is 1.40 bits per heavy atom. The summed E-state index contributed by atoms with van der Waals surface area (Å²) in [4.78, 5) is 18.1. The third kappa shape index (κ3) is 14.3. The molecular weight excluding hydrogens is 318 g/mol. The molecule has 0 saturated carbocycles. The van der Waals surface area contributed by atoms with Crippen LogP contribution in [0, 0.1) is 0 Å². The molecule has 0 unspecified atom stereocenters. The van der Waals surface area contributed by atoms with E-state index in [0.29, 0.717) is 0 Å². The molecule has 1 rings (SSSR count). The minimum absolute atomic E-state index is 0.211. The molecule has 1 aliphatic heterocycles. The average Bonchev–Trinajstić information content (AvgIpc) is 2.50. The number of unbranched alkanes of at least 4 members (excludes halogenated alkanes) is 5. The Bertz CT molecular complexity index is 429. The van der Waals surface area contributed by atoms with Crippen molar-refractivity contribution in [3.63, 3.8) is 0 Å². The number of guanidine groups is 2. The van der Waals surface area contributed by atoms with Gasteiger partial charge in [0.1, 0.15) is 5.66 Å². The molecule has 4 N–H and O–H groups in total. The van der Waals surface area contributed by atoms with Gasteiger partial charge in [0.15, 0.2) is 11.9 Å². The normalized spacial score (nSPS) is 18.6. The fourth-order valence-corrected chi connectivity index (χ4v) is 2.26. The molecule has 0 radical (unpaired) electrons. The topological polar surface area (TPSA) is 98.1 Å². The first-order chi connectivity index (χ1) is 11.8. The maximum Gasteiger partial charge on any atom is 0.300 e. The molecule has 1 aliphatic rings. The molecule has 25 heavy (non-hydrogen) atoms. The molecule has 1 saturated heterocycles. The number of carboxylic acid groups (broad SMARTS) is 1. The number of nitrogens with zero attached hydrogens (tertiary/aromatic N) is 2. The Kier molecular flexibility index (Phi) is 12.5. The van der Waals surface area contributed by atoms with Gasteiger partial charge in [-0.15, -0.1) is 0 Å². The number of aliphatic carboxylic acids is 1. The molecule has 0 amide bonds. The Balaban J connectivity index is 0.00000129. The fourth-order valence-electron chi connectivity index (χ4n) is 2.26. The molecule has 0 aromatic heterocycles. The Morgan fingerprint density at radius 3 is 1.92 bits per heavy atom. The first-order valence-electron chi connectivity index (χ1n) is 9.42. The monoisotopic (exact) mass is 355 g/mol. The second-order valence-corrected chi connectivity index (χ2v) is 6.75. The van der Waals surface area contributed by atoms with Gasteiger partial charge >= 0.3 is 0 Å². The number of hydrogen-bond acceptors (Lipinski definition) is 3. The van der Waals surface area contributed by atoms with E-state index in [1.807, 2.05) is 0 Å².